The first kappa shape index (κ1) is 17.6. The van der Waals surface area contributed by atoms with Crippen molar-refractivity contribution in [3.63, 3.8) is 0 Å². The third-order valence-electron chi connectivity index (χ3n) is 5.53. The van der Waals surface area contributed by atoms with E-state index in [4.69, 9.17) is 8.83 Å². The molecule has 1 unspecified atom stereocenters. The Morgan fingerprint density at radius 3 is 2.62 bits per heavy atom. The van der Waals surface area contributed by atoms with Crippen LogP contribution in [-0.2, 0) is 4.79 Å². The van der Waals surface area contributed by atoms with E-state index < -0.39 is 17.6 Å². The van der Waals surface area contributed by atoms with Crippen LogP contribution in [0.4, 0.5) is 5.69 Å². The summed E-state index contributed by atoms with van der Waals surface area (Å²) in [5, 5.41) is 11.2. The Bertz CT molecular complexity index is 1250. The van der Waals surface area contributed by atoms with Crippen LogP contribution in [0, 0.1) is 0 Å². The van der Waals surface area contributed by atoms with Crippen LogP contribution in [0.5, 0.6) is 0 Å². The van der Waals surface area contributed by atoms with Crippen LogP contribution in [0.1, 0.15) is 19.3 Å². The van der Waals surface area contributed by atoms with E-state index in [-0.39, 0.29) is 0 Å². The Hall–Kier alpha value is -3.54. The van der Waals surface area contributed by atoms with Crippen molar-refractivity contribution in [1.82, 2.24) is 0 Å². The molecule has 2 aromatic carbocycles. The molecule has 1 saturated heterocycles. The Morgan fingerprint density at radius 2 is 1.79 bits per heavy atom. The lowest BCUT2D eigenvalue weighted by atomic mass is 10.0. The van der Waals surface area contributed by atoms with Gasteiger partial charge in [0, 0.05) is 29.1 Å². The van der Waals surface area contributed by atoms with Crippen LogP contribution in [0.3, 0.4) is 0 Å². The van der Waals surface area contributed by atoms with E-state index in [0.29, 0.717) is 35.5 Å². The average Bonchev–Trinajstić information content (AvgIpc) is 3.16. The first-order chi connectivity index (χ1) is 14.1. The molecule has 0 spiro atoms. The number of hydrogen-bond donors (Lipinski definition) is 1. The lowest BCUT2D eigenvalue weighted by Crippen LogP contribution is -2.44. The summed E-state index contributed by atoms with van der Waals surface area (Å²) in [6.45, 7) is 0.670. The second-order valence-electron chi connectivity index (χ2n) is 7.36. The van der Waals surface area contributed by atoms with Gasteiger partial charge < -0.3 is 18.8 Å². The number of carboxylic acids is 1. The summed E-state index contributed by atoms with van der Waals surface area (Å²) >= 11 is 0. The Balaban J connectivity index is 1.57. The van der Waals surface area contributed by atoms with Gasteiger partial charge in [-0.1, -0.05) is 18.2 Å². The van der Waals surface area contributed by atoms with Crippen LogP contribution in [0.2, 0.25) is 0 Å². The van der Waals surface area contributed by atoms with Gasteiger partial charge in [-0.25, -0.2) is 9.59 Å². The zero-order chi connectivity index (χ0) is 20.0. The maximum atomic E-state index is 12.6. The van der Waals surface area contributed by atoms with Gasteiger partial charge in [-0.05, 0) is 49.6 Å². The van der Waals surface area contributed by atoms with E-state index >= 15 is 0 Å². The Labute approximate surface area is 166 Å². The highest BCUT2D eigenvalue weighted by atomic mass is 16.4. The molecule has 29 heavy (non-hydrogen) atoms. The van der Waals surface area contributed by atoms with Crippen molar-refractivity contribution in [3.05, 3.63) is 65.0 Å². The van der Waals surface area contributed by atoms with Crippen molar-refractivity contribution in [3.8, 4) is 11.3 Å². The number of benzene rings is 2. The van der Waals surface area contributed by atoms with E-state index in [0.717, 1.165) is 29.3 Å². The maximum Gasteiger partial charge on any atom is 0.347 e. The molecule has 0 bridgehead atoms. The van der Waals surface area contributed by atoms with E-state index in [2.05, 4.69) is 0 Å². The zero-order valence-electron chi connectivity index (χ0n) is 15.6. The second kappa shape index (κ2) is 6.81. The fourth-order valence-corrected chi connectivity index (χ4v) is 4.06. The summed E-state index contributed by atoms with van der Waals surface area (Å²) in [6.07, 6.45) is 2.45. The summed E-state index contributed by atoms with van der Waals surface area (Å²) in [5.74, 6) is -0.362. The minimum atomic E-state index is -0.827. The molecule has 2 aromatic heterocycles. The van der Waals surface area contributed by atoms with Crippen LogP contribution in [0.15, 0.2) is 68.2 Å². The minimum Gasteiger partial charge on any atom is -0.480 e. The molecule has 0 amide bonds. The number of carbonyl (C=O) groups is 1. The number of aliphatic carboxylic acids is 1. The van der Waals surface area contributed by atoms with Gasteiger partial charge in [0.2, 0.25) is 0 Å². The van der Waals surface area contributed by atoms with Crippen molar-refractivity contribution in [1.29, 1.82) is 0 Å². The Kier molecular flexibility index (Phi) is 4.12. The molecule has 1 N–H and O–H groups in total. The molecule has 6 heteroatoms. The number of carboxylic acid groups (broad SMARTS) is 1. The lowest BCUT2D eigenvalue weighted by molar-refractivity contribution is -0.139. The number of para-hydroxylation sites is 1. The van der Waals surface area contributed by atoms with Gasteiger partial charge >= 0.3 is 11.6 Å². The van der Waals surface area contributed by atoms with Crippen LogP contribution in [0.25, 0.3) is 33.3 Å². The molecule has 1 aliphatic rings. The zero-order valence-corrected chi connectivity index (χ0v) is 15.6. The number of furan rings is 1. The number of anilines is 1. The average molecular weight is 389 g/mol. The third kappa shape index (κ3) is 3.06. The number of piperidine rings is 1. The third-order valence-corrected chi connectivity index (χ3v) is 5.53. The summed E-state index contributed by atoms with van der Waals surface area (Å²) in [7, 11) is 0. The van der Waals surface area contributed by atoms with Gasteiger partial charge in [0.15, 0.2) is 0 Å². The smallest absolute Gasteiger partial charge is 0.347 e. The lowest BCUT2D eigenvalue weighted by Gasteiger charge is -2.34. The second-order valence-corrected chi connectivity index (χ2v) is 7.36. The van der Waals surface area contributed by atoms with Crippen molar-refractivity contribution >= 4 is 33.6 Å². The summed E-state index contributed by atoms with van der Waals surface area (Å²) in [6, 6.07) is 16.1. The van der Waals surface area contributed by atoms with Crippen molar-refractivity contribution < 1.29 is 18.7 Å². The molecule has 1 atom stereocenters. The highest BCUT2D eigenvalue weighted by molar-refractivity contribution is 5.88. The molecule has 4 aromatic rings. The molecule has 1 fully saturated rings. The van der Waals surface area contributed by atoms with Gasteiger partial charge in [0.25, 0.3) is 0 Å². The molecule has 146 valence electrons. The minimum absolute atomic E-state index is 0.364. The normalized spacial score (nSPS) is 17.1. The molecule has 5 rings (SSSR count). The van der Waals surface area contributed by atoms with Crippen LogP contribution < -0.4 is 10.5 Å². The summed E-state index contributed by atoms with van der Waals surface area (Å²) in [4.78, 5) is 26.1. The largest absolute Gasteiger partial charge is 0.480 e. The number of hydrogen-bond acceptors (Lipinski definition) is 5. The van der Waals surface area contributed by atoms with E-state index in [9.17, 15) is 14.7 Å². The highest BCUT2D eigenvalue weighted by Crippen LogP contribution is 2.31. The van der Waals surface area contributed by atoms with Gasteiger partial charge in [-0.15, -0.1) is 0 Å². The molecule has 6 nitrogen and oxygen atoms in total. The topological polar surface area (TPSA) is 83.9 Å². The van der Waals surface area contributed by atoms with Crippen LogP contribution >= 0.6 is 0 Å². The van der Waals surface area contributed by atoms with Crippen LogP contribution in [-0.4, -0.2) is 23.7 Å². The highest BCUT2D eigenvalue weighted by Gasteiger charge is 2.28. The summed E-state index contributed by atoms with van der Waals surface area (Å²) in [5.41, 5.74) is 1.78. The first-order valence-corrected chi connectivity index (χ1v) is 9.66. The van der Waals surface area contributed by atoms with E-state index in [1.165, 1.54) is 0 Å². The molecule has 0 radical (unpaired) electrons. The molecule has 1 aliphatic heterocycles. The fourth-order valence-electron chi connectivity index (χ4n) is 4.06. The summed E-state index contributed by atoms with van der Waals surface area (Å²) < 4.78 is 11.4. The Morgan fingerprint density at radius 1 is 0.966 bits per heavy atom. The van der Waals surface area contributed by atoms with E-state index in [1.807, 2.05) is 47.4 Å². The molecule has 0 aliphatic carbocycles. The molecular formula is C23H19NO5. The van der Waals surface area contributed by atoms with Gasteiger partial charge in [-0.3, -0.25) is 0 Å². The molecule has 0 saturated carbocycles. The number of rotatable bonds is 3. The van der Waals surface area contributed by atoms with E-state index in [1.54, 1.807) is 12.1 Å². The molecule has 3 heterocycles. The standard InChI is InChI=1S/C23H19NO5/c25-22(26)18-6-3-4-10-24(18)16-9-8-15-11-17(23(27)29-20(15)13-16)21-12-14-5-1-2-7-19(14)28-21/h1-2,5,7-9,11-13,18H,3-4,6,10H2,(H,25,26). The monoisotopic (exact) mass is 389 g/mol. The quantitative estimate of drug-likeness (QED) is 0.514. The SMILES string of the molecule is O=C(O)C1CCCCN1c1ccc2cc(-c3cc4ccccc4o3)c(=O)oc2c1. The maximum absolute atomic E-state index is 12.6. The van der Waals surface area contributed by atoms with Crippen molar-refractivity contribution in [2.45, 2.75) is 25.3 Å². The van der Waals surface area contributed by atoms with Gasteiger partial charge in [-0.2, -0.15) is 0 Å². The predicted molar refractivity (Wildman–Crippen MR) is 110 cm³/mol. The van der Waals surface area contributed by atoms with Crippen molar-refractivity contribution in [2.75, 3.05) is 11.4 Å². The van der Waals surface area contributed by atoms with Crippen molar-refractivity contribution in [2.24, 2.45) is 0 Å². The number of fused-ring (bicyclic) bond motifs is 2. The fraction of sp³-hybridized carbons (Fsp3) is 0.217. The number of nitrogens with zero attached hydrogens (tertiary/aromatic N) is 1. The van der Waals surface area contributed by atoms with Gasteiger partial charge in [0.05, 0.1) is 0 Å². The molecular weight excluding hydrogens is 370 g/mol. The predicted octanol–water partition coefficient (Wildman–Crippen LogP) is 4.65. The van der Waals surface area contributed by atoms with Gasteiger partial charge in [0.1, 0.15) is 28.5 Å². The first-order valence-electron chi connectivity index (χ1n) is 9.66.